The molecule has 76 valence electrons. The standard InChI is InChI=1S/C7H11N5OS/c1-4-10-5(8)2-7(11-4)14-3-6(13)12-9/h2H,3,9H2,1H3,(H,12,13)(H2,8,10,11). The zero-order valence-electron chi connectivity index (χ0n) is 7.65. The number of hydrogen-bond donors (Lipinski definition) is 3. The van der Waals surface area contributed by atoms with Gasteiger partial charge < -0.3 is 5.73 Å². The lowest BCUT2D eigenvalue weighted by molar-refractivity contribution is -0.118. The lowest BCUT2D eigenvalue weighted by atomic mass is 10.5. The van der Waals surface area contributed by atoms with Crippen LogP contribution in [0.15, 0.2) is 11.1 Å². The average molecular weight is 213 g/mol. The van der Waals surface area contributed by atoms with Gasteiger partial charge in [0, 0.05) is 6.07 Å². The second kappa shape index (κ2) is 4.77. The van der Waals surface area contributed by atoms with E-state index in [4.69, 9.17) is 11.6 Å². The number of nitrogen functional groups attached to an aromatic ring is 1. The van der Waals surface area contributed by atoms with Gasteiger partial charge in [0.05, 0.1) is 5.75 Å². The highest BCUT2D eigenvalue weighted by Crippen LogP contribution is 2.16. The first-order chi connectivity index (χ1) is 6.61. The van der Waals surface area contributed by atoms with E-state index in [2.05, 4.69) is 9.97 Å². The number of hydrazine groups is 1. The molecule has 0 atom stereocenters. The van der Waals surface area contributed by atoms with Crippen molar-refractivity contribution in [3.05, 3.63) is 11.9 Å². The van der Waals surface area contributed by atoms with E-state index in [-0.39, 0.29) is 11.7 Å². The van der Waals surface area contributed by atoms with Crippen LogP contribution >= 0.6 is 11.8 Å². The number of aromatic nitrogens is 2. The summed E-state index contributed by atoms with van der Waals surface area (Å²) in [5, 5.41) is 0.665. The quantitative estimate of drug-likeness (QED) is 0.204. The van der Waals surface area contributed by atoms with Crippen LogP contribution in [-0.4, -0.2) is 21.6 Å². The molecule has 1 aromatic heterocycles. The zero-order valence-corrected chi connectivity index (χ0v) is 8.47. The molecule has 1 rings (SSSR count). The summed E-state index contributed by atoms with van der Waals surface area (Å²) >= 11 is 1.26. The molecule has 1 heterocycles. The molecule has 1 aromatic rings. The molecule has 7 heteroatoms. The molecule has 1 amide bonds. The molecular weight excluding hydrogens is 202 g/mol. The number of nitrogens with zero attached hydrogens (tertiary/aromatic N) is 2. The number of rotatable bonds is 3. The van der Waals surface area contributed by atoms with Gasteiger partial charge in [0.2, 0.25) is 5.91 Å². The molecule has 14 heavy (non-hydrogen) atoms. The minimum Gasteiger partial charge on any atom is -0.384 e. The number of carbonyl (C=O) groups is 1. The maximum absolute atomic E-state index is 10.8. The Morgan fingerprint density at radius 2 is 2.36 bits per heavy atom. The van der Waals surface area contributed by atoms with Gasteiger partial charge in [0.1, 0.15) is 16.7 Å². The summed E-state index contributed by atoms with van der Waals surface area (Å²) in [5.41, 5.74) is 7.54. The largest absolute Gasteiger partial charge is 0.384 e. The molecule has 0 aliphatic carbocycles. The van der Waals surface area contributed by atoms with E-state index in [0.717, 1.165) is 0 Å². The van der Waals surface area contributed by atoms with Crippen LogP contribution in [0.5, 0.6) is 0 Å². The Hall–Kier alpha value is -1.34. The Bertz CT molecular complexity index is 323. The number of amides is 1. The van der Waals surface area contributed by atoms with Crippen LogP contribution in [0.1, 0.15) is 5.82 Å². The van der Waals surface area contributed by atoms with Crippen LogP contribution in [0.3, 0.4) is 0 Å². The van der Waals surface area contributed by atoms with Crippen molar-refractivity contribution in [2.45, 2.75) is 11.9 Å². The average Bonchev–Trinajstić information content (AvgIpc) is 2.12. The van der Waals surface area contributed by atoms with Crippen molar-refractivity contribution in [2.24, 2.45) is 5.84 Å². The predicted molar refractivity (Wildman–Crippen MR) is 54.2 cm³/mol. The fourth-order valence-corrected chi connectivity index (χ4v) is 1.58. The van der Waals surface area contributed by atoms with E-state index in [9.17, 15) is 4.79 Å². The van der Waals surface area contributed by atoms with E-state index < -0.39 is 0 Å². The van der Waals surface area contributed by atoms with E-state index >= 15 is 0 Å². The Kier molecular flexibility index (Phi) is 3.66. The van der Waals surface area contributed by atoms with Crippen molar-refractivity contribution < 1.29 is 4.79 Å². The smallest absolute Gasteiger partial charge is 0.244 e. The number of anilines is 1. The van der Waals surface area contributed by atoms with Gasteiger partial charge >= 0.3 is 0 Å². The first kappa shape index (κ1) is 10.7. The Labute approximate surface area is 85.4 Å². The van der Waals surface area contributed by atoms with Gasteiger partial charge in [-0.25, -0.2) is 15.8 Å². The molecular formula is C7H11N5OS. The van der Waals surface area contributed by atoms with Crippen LogP contribution < -0.4 is 17.0 Å². The maximum Gasteiger partial charge on any atom is 0.244 e. The summed E-state index contributed by atoms with van der Waals surface area (Å²) in [6, 6.07) is 1.61. The zero-order chi connectivity index (χ0) is 10.6. The number of nitrogens with one attached hydrogen (secondary N) is 1. The highest BCUT2D eigenvalue weighted by atomic mass is 32.2. The van der Waals surface area contributed by atoms with Gasteiger partial charge in [0.15, 0.2) is 0 Å². The lowest BCUT2D eigenvalue weighted by Crippen LogP contribution is -2.31. The molecule has 0 aliphatic heterocycles. The van der Waals surface area contributed by atoms with E-state index in [0.29, 0.717) is 16.7 Å². The van der Waals surface area contributed by atoms with Crippen LogP contribution in [0.25, 0.3) is 0 Å². The number of aryl methyl sites for hydroxylation is 1. The summed E-state index contributed by atoms with van der Waals surface area (Å²) < 4.78 is 0. The van der Waals surface area contributed by atoms with Crippen LogP contribution in [0.2, 0.25) is 0 Å². The van der Waals surface area contributed by atoms with E-state index in [1.807, 2.05) is 5.43 Å². The van der Waals surface area contributed by atoms with Gasteiger partial charge in [-0.3, -0.25) is 10.2 Å². The van der Waals surface area contributed by atoms with Crippen molar-refractivity contribution in [3.8, 4) is 0 Å². The van der Waals surface area contributed by atoms with Crippen LogP contribution in [-0.2, 0) is 4.79 Å². The van der Waals surface area contributed by atoms with Crippen molar-refractivity contribution in [2.75, 3.05) is 11.5 Å². The number of thioether (sulfide) groups is 1. The van der Waals surface area contributed by atoms with Crippen molar-refractivity contribution in [1.29, 1.82) is 0 Å². The second-order valence-electron chi connectivity index (χ2n) is 2.53. The Morgan fingerprint density at radius 1 is 1.64 bits per heavy atom. The molecule has 0 radical (unpaired) electrons. The van der Waals surface area contributed by atoms with E-state index in [1.165, 1.54) is 11.8 Å². The number of hydrogen-bond acceptors (Lipinski definition) is 6. The Morgan fingerprint density at radius 3 is 2.93 bits per heavy atom. The third-order valence-corrected chi connectivity index (χ3v) is 2.26. The third-order valence-electron chi connectivity index (χ3n) is 1.35. The molecule has 0 spiro atoms. The highest BCUT2D eigenvalue weighted by Gasteiger charge is 2.03. The molecule has 0 aliphatic rings. The highest BCUT2D eigenvalue weighted by molar-refractivity contribution is 7.99. The van der Waals surface area contributed by atoms with Gasteiger partial charge in [-0.1, -0.05) is 11.8 Å². The fraction of sp³-hybridized carbons (Fsp3) is 0.286. The summed E-state index contributed by atoms with van der Waals surface area (Å²) in [7, 11) is 0. The lowest BCUT2D eigenvalue weighted by Gasteiger charge is -2.01. The van der Waals surface area contributed by atoms with Gasteiger partial charge in [-0.15, -0.1) is 0 Å². The first-order valence-electron chi connectivity index (χ1n) is 3.85. The van der Waals surface area contributed by atoms with Crippen LogP contribution in [0, 0.1) is 6.92 Å². The van der Waals surface area contributed by atoms with Crippen LogP contribution in [0.4, 0.5) is 5.82 Å². The molecule has 0 aromatic carbocycles. The van der Waals surface area contributed by atoms with Crippen molar-refractivity contribution >= 4 is 23.5 Å². The predicted octanol–water partition coefficient (Wildman–Crippen LogP) is -0.551. The summed E-state index contributed by atoms with van der Waals surface area (Å²) in [4.78, 5) is 18.8. The van der Waals surface area contributed by atoms with Gasteiger partial charge in [0.25, 0.3) is 0 Å². The summed E-state index contributed by atoms with van der Waals surface area (Å²) in [5.74, 6) is 5.86. The molecule has 0 saturated carbocycles. The molecule has 0 fully saturated rings. The molecule has 0 bridgehead atoms. The summed E-state index contributed by atoms with van der Waals surface area (Å²) in [6.45, 7) is 1.74. The maximum atomic E-state index is 10.8. The van der Waals surface area contributed by atoms with Crippen molar-refractivity contribution in [1.82, 2.24) is 15.4 Å². The summed E-state index contributed by atoms with van der Waals surface area (Å²) in [6.07, 6.45) is 0. The topological polar surface area (TPSA) is 107 Å². The minimum atomic E-state index is -0.259. The third kappa shape index (κ3) is 3.19. The minimum absolute atomic E-state index is 0.215. The SMILES string of the molecule is Cc1nc(N)cc(SCC(=O)NN)n1. The monoisotopic (exact) mass is 213 g/mol. The van der Waals surface area contributed by atoms with E-state index in [1.54, 1.807) is 13.0 Å². The number of carbonyl (C=O) groups excluding carboxylic acids is 1. The van der Waals surface area contributed by atoms with Gasteiger partial charge in [-0.2, -0.15) is 0 Å². The second-order valence-corrected chi connectivity index (χ2v) is 3.53. The molecule has 5 N–H and O–H groups in total. The van der Waals surface area contributed by atoms with Crippen molar-refractivity contribution in [3.63, 3.8) is 0 Å². The normalized spacial score (nSPS) is 9.86. The number of nitrogens with two attached hydrogens (primary N) is 2. The molecule has 0 unspecified atom stereocenters. The first-order valence-corrected chi connectivity index (χ1v) is 4.84. The Balaban J connectivity index is 2.63. The fourth-order valence-electron chi connectivity index (χ4n) is 0.817. The van der Waals surface area contributed by atoms with Gasteiger partial charge in [-0.05, 0) is 6.92 Å². The molecule has 6 nitrogen and oxygen atoms in total. The molecule has 0 saturated heterocycles.